The topological polar surface area (TPSA) is 150 Å². The van der Waals surface area contributed by atoms with E-state index in [4.69, 9.17) is 9.47 Å². The number of unbranched alkanes of at least 4 members (excludes halogenated alkanes) is 1. The van der Waals surface area contributed by atoms with Gasteiger partial charge in [-0.15, -0.1) is 0 Å². The largest absolute Gasteiger partial charge is 0.483 e. The first kappa shape index (κ1) is 36.9. The second kappa shape index (κ2) is 17.0. The molecule has 0 bridgehead atoms. The van der Waals surface area contributed by atoms with Gasteiger partial charge >= 0.3 is 6.09 Å². The summed E-state index contributed by atoms with van der Waals surface area (Å²) >= 11 is 0. The molecule has 1 aromatic carbocycles. The summed E-state index contributed by atoms with van der Waals surface area (Å²) in [6, 6.07) is 5.96. The SMILES string of the molecule is CCCCOC(=O)N1CCN(C(=O)[C@@H](NC(=O)c2cc(OCC(=O)N3CCCC3C(=O)NC3CCC3)c3ccc(C)cc3n2)[C@@H](C)CC)CC1. The van der Waals surface area contributed by atoms with Crippen molar-refractivity contribution in [3.8, 4) is 5.75 Å². The zero-order chi connectivity index (χ0) is 35.8. The van der Waals surface area contributed by atoms with E-state index >= 15 is 0 Å². The van der Waals surface area contributed by atoms with Crippen LogP contribution in [0, 0.1) is 12.8 Å². The number of pyridine rings is 1. The third-order valence-corrected chi connectivity index (χ3v) is 10.2. The molecule has 0 radical (unpaired) electrons. The zero-order valence-corrected chi connectivity index (χ0v) is 29.9. The van der Waals surface area contributed by atoms with Crippen LogP contribution in [0.1, 0.15) is 88.2 Å². The van der Waals surface area contributed by atoms with Gasteiger partial charge in [0.1, 0.15) is 23.5 Å². The molecule has 13 nitrogen and oxygen atoms in total. The van der Waals surface area contributed by atoms with Crippen molar-refractivity contribution in [2.45, 2.75) is 97.2 Å². The molecule has 0 spiro atoms. The first-order valence-electron chi connectivity index (χ1n) is 18.2. The number of aromatic nitrogens is 1. The minimum absolute atomic E-state index is 0.0604. The lowest BCUT2D eigenvalue weighted by Crippen LogP contribution is -2.57. The van der Waals surface area contributed by atoms with Crippen LogP contribution in [-0.2, 0) is 19.1 Å². The van der Waals surface area contributed by atoms with Crippen LogP contribution in [0.4, 0.5) is 4.79 Å². The average Bonchev–Trinajstić information content (AvgIpc) is 3.60. The molecule has 2 aliphatic heterocycles. The van der Waals surface area contributed by atoms with Gasteiger partial charge in [0.15, 0.2) is 6.61 Å². The van der Waals surface area contributed by atoms with Crippen molar-refractivity contribution in [1.29, 1.82) is 0 Å². The Bertz CT molecular complexity index is 1550. The van der Waals surface area contributed by atoms with Gasteiger partial charge < -0.3 is 34.8 Å². The van der Waals surface area contributed by atoms with Gasteiger partial charge in [-0.25, -0.2) is 9.78 Å². The zero-order valence-electron chi connectivity index (χ0n) is 29.9. The van der Waals surface area contributed by atoms with E-state index < -0.39 is 18.0 Å². The fraction of sp³-hybridized carbons (Fsp3) is 0.622. The molecule has 50 heavy (non-hydrogen) atoms. The van der Waals surface area contributed by atoms with Gasteiger partial charge in [0, 0.05) is 50.2 Å². The maximum Gasteiger partial charge on any atom is 0.409 e. The Kier molecular flexibility index (Phi) is 12.5. The van der Waals surface area contributed by atoms with Crippen LogP contribution in [0.5, 0.6) is 5.75 Å². The highest BCUT2D eigenvalue weighted by Crippen LogP contribution is 2.28. The van der Waals surface area contributed by atoms with Crippen molar-refractivity contribution in [2.75, 3.05) is 45.9 Å². The van der Waals surface area contributed by atoms with E-state index in [2.05, 4.69) is 15.6 Å². The lowest BCUT2D eigenvalue weighted by Gasteiger charge is -2.37. The Morgan fingerprint density at radius 2 is 1.70 bits per heavy atom. The van der Waals surface area contributed by atoms with Gasteiger partial charge in [-0.05, 0) is 69.1 Å². The minimum Gasteiger partial charge on any atom is -0.483 e. The molecule has 1 unspecified atom stereocenters. The Balaban J connectivity index is 1.27. The molecule has 1 aliphatic carbocycles. The number of rotatable bonds is 13. The number of carbonyl (C=O) groups is 5. The van der Waals surface area contributed by atoms with Crippen molar-refractivity contribution in [2.24, 2.45) is 5.92 Å². The highest BCUT2D eigenvalue weighted by atomic mass is 16.6. The summed E-state index contributed by atoms with van der Waals surface area (Å²) in [6.45, 7) is 9.77. The van der Waals surface area contributed by atoms with E-state index in [1.807, 2.05) is 45.9 Å². The molecule has 3 atom stereocenters. The quantitative estimate of drug-likeness (QED) is 0.301. The van der Waals surface area contributed by atoms with Crippen molar-refractivity contribution < 1.29 is 33.4 Å². The van der Waals surface area contributed by atoms with Crippen LogP contribution >= 0.6 is 0 Å². The number of nitrogens with zero attached hydrogens (tertiary/aromatic N) is 4. The molecule has 1 aromatic heterocycles. The Morgan fingerprint density at radius 3 is 2.38 bits per heavy atom. The van der Waals surface area contributed by atoms with Crippen LogP contribution in [0.3, 0.4) is 0 Å². The summed E-state index contributed by atoms with van der Waals surface area (Å²) < 4.78 is 11.4. The lowest BCUT2D eigenvalue weighted by atomic mass is 9.93. The Hall–Kier alpha value is -4.42. The van der Waals surface area contributed by atoms with E-state index in [1.54, 1.807) is 14.7 Å². The van der Waals surface area contributed by atoms with Gasteiger partial charge in [0.25, 0.3) is 11.8 Å². The fourth-order valence-electron chi connectivity index (χ4n) is 6.55. The number of hydrogen-bond acceptors (Lipinski definition) is 8. The normalized spacial score (nSPS) is 19.0. The number of ether oxygens (including phenoxy) is 2. The Morgan fingerprint density at radius 1 is 0.960 bits per heavy atom. The molecular formula is C37H52N6O7. The summed E-state index contributed by atoms with van der Waals surface area (Å²) in [6.07, 6.45) is 6.42. The maximum absolute atomic E-state index is 13.8. The number of fused-ring (bicyclic) bond motifs is 1. The fourth-order valence-corrected chi connectivity index (χ4v) is 6.55. The molecule has 2 saturated heterocycles. The number of carbonyl (C=O) groups excluding carboxylic acids is 5. The Labute approximate surface area is 294 Å². The summed E-state index contributed by atoms with van der Waals surface area (Å²) in [5, 5.41) is 6.64. The van der Waals surface area contributed by atoms with Gasteiger partial charge in [-0.1, -0.05) is 39.7 Å². The molecule has 2 aromatic rings. The lowest BCUT2D eigenvalue weighted by molar-refractivity contribution is -0.140. The van der Waals surface area contributed by atoms with E-state index in [-0.39, 0.29) is 48.1 Å². The minimum atomic E-state index is -0.810. The number of aryl methyl sites for hydroxylation is 1. The van der Waals surface area contributed by atoms with Gasteiger partial charge in [0.05, 0.1) is 12.1 Å². The van der Waals surface area contributed by atoms with Gasteiger partial charge in [-0.3, -0.25) is 19.2 Å². The highest BCUT2D eigenvalue weighted by molar-refractivity contribution is 5.99. The smallest absolute Gasteiger partial charge is 0.409 e. The average molecular weight is 693 g/mol. The molecule has 5 amide bonds. The first-order valence-corrected chi connectivity index (χ1v) is 18.2. The monoisotopic (exact) mass is 692 g/mol. The van der Waals surface area contributed by atoms with E-state index in [0.29, 0.717) is 68.8 Å². The van der Waals surface area contributed by atoms with Crippen molar-refractivity contribution in [1.82, 2.24) is 30.3 Å². The van der Waals surface area contributed by atoms with E-state index in [1.165, 1.54) is 6.07 Å². The number of benzene rings is 1. The highest BCUT2D eigenvalue weighted by Gasteiger charge is 2.36. The second-order valence-corrected chi connectivity index (χ2v) is 13.8. The first-order chi connectivity index (χ1) is 24.1. The number of amides is 5. The second-order valence-electron chi connectivity index (χ2n) is 13.8. The molecule has 1 saturated carbocycles. The molecule has 272 valence electrons. The molecule has 3 heterocycles. The number of nitrogens with one attached hydrogen (secondary N) is 2. The number of piperazine rings is 1. The molecule has 5 rings (SSSR count). The van der Waals surface area contributed by atoms with Gasteiger partial charge in [-0.2, -0.15) is 0 Å². The summed E-state index contributed by atoms with van der Waals surface area (Å²) in [4.78, 5) is 75.8. The van der Waals surface area contributed by atoms with E-state index in [0.717, 1.165) is 44.1 Å². The van der Waals surface area contributed by atoms with Crippen molar-refractivity contribution in [3.63, 3.8) is 0 Å². The summed E-state index contributed by atoms with van der Waals surface area (Å²) in [5.41, 5.74) is 1.51. The van der Waals surface area contributed by atoms with Crippen LogP contribution in [0.15, 0.2) is 24.3 Å². The van der Waals surface area contributed by atoms with Crippen molar-refractivity contribution >= 4 is 40.6 Å². The molecular weight excluding hydrogens is 640 g/mol. The molecule has 2 N–H and O–H groups in total. The van der Waals surface area contributed by atoms with Crippen LogP contribution < -0.4 is 15.4 Å². The maximum atomic E-state index is 13.8. The van der Waals surface area contributed by atoms with Gasteiger partial charge in [0.2, 0.25) is 11.8 Å². The van der Waals surface area contributed by atoms with Crippen LogP contribution in [0.2, 0.25) is 0 Å². The predicted octanol–water partition coefficient (Wildman–Crippen LogP) is 3.81. The summed E-state index contributed by atoms with van der Waals surface area (Å²) in [7, 11) is 0. The standard InChI is InChI=1S/C37H52N6O7/c1-5-7-20-49-37(48)42-18-16-41(17-19-42)36(47)33(25(4)6-2)40-34(45)29-22-31(27-14-13-24(3)21-28(27)39-29)50-23-32(44)43-15-9-12-30(43)35(46)38-26-10-8-11-26/h13-14,21-22,25-26,30,33H,5-12,15-20,23H2,1-4H3,(H,38,46)(H,40,45)/t25-,30?,33-/m0/s1. The number of likely N-dealkylation sites (tertiary alicyclic amines) is 1. The van der Waals surface area contributed by atoms with Crippen LogP contribution in [0.25, 0.3) is 10.9 Å². The molecule has 3 fully saturated rings. The third kappa shape index (κ3) is 8.83. The summed E-state index contributed by atoms with van der Waals surface area (Å²) in [5.74, 6) is -1.01. The predicted molar refractivity (Wildman–Crippen MR) is 188 cm³/mol. The van der Waals surface area contributed by atoms with E-state index in [9.17, 15) is 24.0 Å². The third-order valence-electron chi connectivity index (χ3n) is 10.2. The number of hydrogen-bond donors (Lipinski definition) is 2. The molecule has 13 heteroatoms. The van der Waals surface area contributed by atoms with Crippen LogP contribution in [-0.4, -0.2) is 113 Å². The molecule has 3 aliphatic rings. The van der Waals surface area contributed by atoms with Crippen molar-refractivity contribution in [3.05, 3.63) is 35.5 Å².